The fraction of sp³-hybridized carbons (Fsp3) is 0.292. The van der Waals surface area contributed by atoms with Gasteiger partial charge in [0, 0.05) is 35.6 Å². The number of aliphatic hydroxyl groups is 1. The molecule has 0 bridgehead atoms. The molecular weight excluding hydrogens is 446 g/mol. The lowest BCUT2D eigenvalue weighted by Crippen LogP contribution is -2.53. The fourth-order valence-corrected chi connectivity index (χ4v) is 4.06. The van der Waals surface area contributed by atoms with Crippen LogP contribution in [0.25, 0.3) is 11.3 Å². The second-order valence-electron chi connectivity index (χ2n) is 8.08. The number of benzene rings is 2. The maximum Gasteiger partial charge on any atom is 0.430 e. The molecule has 174 valence electrons. The van der Waals surface area contributed by atoms with Crippen LogP contribution >= 0.6 is 0 Å². The maximum absolute atomic E-state index is 13.1. The Morgan fingerprint density at radius 1 is 0.909 bits per heavy atom. The molecule has 3 aromatic rings. The van der Waals surface area contributed by atoms with Gasteiger partial charge in [0.05, 0.1) is 5.69 Å². The van der Waals surface area contributed by atoms with Gasteiger partial charge in [-0.1, -0.05) is 36.4 Å². The standard InChI is InChI=1S/C24H20F6N2O/c1-15-3-2-4-20(31-15)17-7-10-21-18(13-17)11-12-32(21)14-16-5-8-19(9-6-16)22(33,23(25,26)27)24(28,29)30/h2-10,13,33H,11-12,14H2,1H3. The van der Waals surface area contributed by atoms with E-state index in [9.17, 15) is 31.4 Å². The molecule has 0 atom stereocenters. The Balaban J connectivity index is 1.55. The molecule has 0 saturated carbocycles. The smallest absolute Gasteiger partial charge is 0.369 e. The van der Waals surface area contributed by atoms with E-state index in [0.717, 1.165) is 34.6 Å². The van der Waals surface area contributed by atoms with E-state index in [-0.39, 0.29) is 0 Å². The van der Waals surface area contributed by atoms with E-state index >= 15 is 0 Å². The Kier molecular flexibility index (Phi) is 5.64. The third kappa shape index (κ3) is 4.17. The van der Waals surface area contributed by atoms with Gasteiger partial charge in [-0.05, 0) is 48.7 Å². The van der Waals surface area contributed by atoms with Crippen molar-refractivity contribution in [3.63, 3.8) is 0 Å². The number of hydrogen-bond donors (Lipinski definition) is 1. The van der Waals surface area contributed by atoms with Crippen LogP contribution in [0, 0.1) is 6.92 Å². The monoisotopic (exact) mass is 466 g/mol. The maximum atomic E-state index is 13.1. The predicted molar refractivity (Wildman–Crippen MR) is 112 cm³/mol. The van der Waals surface area contributed by atoms with Crippen LogP contribution in [0.2, 0.25) is 0 Å². The first-order chi connectivity index (χ1) is 15.4. The minimum Gasteiger partial charge on any atom is -0.369 e. The van der Waals surface area contributed by atoms with Crippen LogP contribution < -0.4 is 4.90 Å². The van der Waals surface area contributed by atoms with Crippen LogP contribution in [0.3, 0.4) is 0 Å². The van der Waals surface area contributed by atoms with E-state index in [1.54, 1.807) is 0 Å². The minimum atomic E-state index is -5.90. The molecule has 0 aliphatic carbocycles. The van der Waals surface area contributed by atoms with Gasteiger partial charge in [-0.25, -0.2) is 0 Å². The van der Waals surface area contributed by atoms with Crippen molar-refractivity contribution in [1.82, 2.24) is 4.98 Å². The molecular formula is C24H20F6N2O. The van der Waals surface area contributed by atoms with Gasteiger partial charge in [0.15, 0.2) is 0 Å². The normalized spacial score (nSPS) is 14.5. The van der Waals surface area contributed by atoms with Crippen LogP contribution in [0.15, 0.2) is 60.7 Å². The Labute approximate surface area is 186 Å². The number of pyridine rings is 1. The van der Waals surface area contributed by atoms with Crippen LogP contribution in [-0.4, -0.2) is 29.0 Å². The highest BCUT2D eigenvalue weighted by molar-refractivity contribution is 5.68. The molecule has 2 aromatic carbocycles. The first-order valence-corrected chi connectivity index (χ1v) is 10.2. The van der Waals surface area contributed by atoms with E-state index in [1.165, 1.54) is 12.1 Å². The second kappa shape index (κ2) is 8.06. The minimum absolute atomic E-state index is 0.311. The van der Waals surface area contributed by atoms with Crippen LogP contribution in [0.5, 0.6) is 0 Å². The summed E-state index contributed by atoms with van der Waals surface area (Å²) in [6.45, 7) is 2.89. The molecule has 1 aromatic heterocycles. The zero-order valence-electron chi connectivity index (χ0n) is 17.5. The Hall–Kier alpha value is -3.07. The average Bonchev–Trinajstić information content (AvgIpc) is 3.14. The zero-order chi connectivity index (χ0) is 24.0. The van der Waals surface area contributed by atoms with Gasteiger partial charge in [0.1, 0.15) is 0 Å². The van der Waals surface area contributed by atoms with Gasteiger partial charge >= 0.3 is 12.4 Å². The SMILES string of the molecule is Cc1cccc(-c2ccc3c(c2)CCN3Cc2ccc(C(O)(C(F)(F)F)C(F)(F)F)cc2)n1. The lowest BCUT2D eigenvalue weighted by molar-refractivity contribution is -0.376. The molecule has 0 amide bonds. The van der Waals surface area contributed by atoms with Gasteiger partial charge in [-0.15, -0.1) is 0 Å². The third-order valence-electron chi connectivity index (χ3n) is 5.82. The molecule has 0 radical (unpaired) electrons. The van der Waals surface area contributed by atoms with Crippen molar-refractivity contribution < 1.29 is 31.4 Å². The highest BCUT2D eigenvalue weighted by Crippen LogP contribution is 2.50. The second-order valence-corrected chi connectivity index (χ2v) is 8.08. The summed E-state index contributed by atoms with van der Waals surface area (Å²) in [6.07, 6.45) is -11.0. The van der Waals surface area contributed by atoms with Crippen molar-refractivity contribution in [3.8, 4) is 11.3 Å². The summed E-state index contributed by atoms with van der Waals surface area (Å²) < 4.78 is 78.4. The van der Waals surface area contributed by atoms with Gasteiger partial charge in [0.25, 0.3) is 5.60 Å². The average molecular weight is 466 g/mol. The van der Waals surface area contributed by atoms with E-state index in [2.05, 4.69) is 4.98 Å². The highest BCUT2D eigenvalue weighted by atomic mass is 19.4. The molecule has 1 N–H and O–H groups in total. The summed E-state index contributed by atoms with van der Waals surface area (Å²) in [5.74, 6) is 0. The number of hydrogen-bond acceptors (Lipinski definition) is 3. The van der Waals surface area contributed by atoms with Gasteiger partial charge in [-0.3, -0.25) is 4.98 Å². The van der Waals surface area contributed by atoms with Crippen molar-refractivity contribution in [2.45, 2.75) is 37.8 Å². The quantitative estimate of drug-likeness (QED) is 0.484. The number of aryl methyl sites for hydroxylation is 1. The number of nitrogens with zero attached hydrogens (tertiary/aromatic N) is 2. The van der Waals surface area contributed by atoms with Crippen molar-refractivity contribution >= 4 is 5.69 Å². The summed E-state index contributed by atoms with van der Waals surface area (Å²) >= 11 is 0. The molecule has 0 saturated heterocycles. The molecule has 0 fully saturated rings. The number of alkyl halides is 6. The molecule has 2 heterocycles. The third-order valence-corrected chi connectivity index (χ3v) is 5.82. The summed E-state index contributed by atoms with van der Waals surface area (Å²) in [7, 11) is 0. The van der Waals surface area contributed by atoms with Crippen molar-refractivity contribution in [1.29, 1.82) is 0 Å². The molecule has 4 rings (SSSR count). The molecule has 33 heavy (non-hydrogen) atoms. The van der Waals surface area contributed by atoms with Crippen LogP contribution in [0.4, 0.5) is 32.0 Å². The summed E-state index contributed by atoms with van der Waals surface area (Å²) in [6, 6.07) is 15.4. The van der Waals surface area contributed by atoms with E-state index < -0.39 is 23.5 Å². The Bertz CT molecular complexity index is 1140. The summed E-state index contributed by atoms with van der Waals surface area (Å²) in [4.78, 5) is 6.54. The van der Waals surface area contributed by atoms with Crippen molar-refractivity contribution in [3.05, 3.63) is 83.0 Å². The molecule has 9 heteroatoms. The number of aromatic nitrogens is 1. The van der Waals surface area contributed by atoms with Crippen LogP contribution in [0.1, 0.15) is 22.4 Å². The Morgan fingerprint density at radius 2 is 1.58 bits per heavy atom. The molecule has 1 aliphatic heterocycles. The molecule has 0 spiro atoms. The number of fused-ring (bicyclic) bond motifs is 1. The zero-order valence-corrected chi connectivity index (χ0v) is 17.5. The van der Waals surface area contributed by atoms with E-state index in [0.29, 0.717) is 30.8 Å². The van der Waals surface area contributed by atoms with Gasteiger partial charge < -0.3 is 10.0 Å². The number of halogens is 6. The molecule has 3 nitrogen and oxygen atoms in total. The van der Waals surface area contributed by atoms with Gasteiger partial charge in [0.2, 0.25) is 0 Å². The summed E-state index contributed by atoms with van der Waals surface area (Å²) in [5.41, 5.74) is -0.865. The number of anilines is 1. The summed E-state index contributed by atoms with van der Waals surface area (Å²) in [5, 5.41) is 9.53. The fourth-order valence-electron chi connectivity index (χ4n) is 4.06. The topological polar surface area (TPSA) is 36.4 Å². The van der Waals surface area contributed by atoms with Crippen molar-refractivity contribution in [2.75, 3.05) is 11.4 Å². The van der Waals surface area contributed by atoms with Crippen molar-refractivity contribution in [2.24, 2.45) is 0 Å². The van der Waals surface area contributed by atoms with E-state index in [4.69, 9.17) is 0 Å². The Morgan fingerprint density at radius 3 is 2.18 bits per heavy atom. The van der Waals surface area contributed by atoms with Crippen LogP contribution in [-0.2, 0) is 18.6 Å². The molecule has 1 aliphatic rings. The predicted octanol–water partition coefficient (Wildman–Crippen LogP) is 5.93. The van der Waals surface area contributed by atoms with Gasteiger partial charge in [-0.2, -0.15) is 26.3 Å². The molecule has 0 unspecified atom stereocenters. The van der Waals surface area contributed by atoms with E-state index in [1.807, 2.05) is 48.2 Å². The largest absolute Gasteiger partial charge is 0.430 e. The lowest BCUT2D eigenvalue weighted by atomic mass is 9.91. The first-order valence-electron chi connectivity index (χ1n) is 10.2. The lowest BCUT2D eigenvalue weighted by Gasteiger charge is -2.32. The first kappa shape index (κ1) is 23.1. The number of rotatable bonds is 4. The highest BCUT2D eigenvalue weighted by Gasteiger charge is 2.71.